The summed E-state index contributed by atoms with van der Waals surface area (Å²) in [5.74, 6) is -0.816. The summed E-state index contributed by atoms with van der Waals surface area (Å²) in [7, 11) is 0. The van der Waals surface area contributed by atoms with Crippen LogP contribution in [0.3, 0.4) is 0 Å². The van der Waals surface area contributed by atoms with Gasteiger partial charge in [0.1, 0.15) is 5.82 Å². The molecule has 1 aromatic carbocycles. The number of nitrogens with one attached hydrogen (secondary N) is 3. The van der Waals surface area contributed by atoms with E-state index in [4.69, 9.17) is 0 Å². The van der Waals surface area contributed by atoms with Gasteiger partial charge in [-0.3, -0.25) is 4.79 Å². The number of halogens is 1. The van der Waals surface area contributed by atoms with Gasteiger partial charge in [-0.25, -0.2) is 4.39 Å². The Morgan fingerprint density at radius 2 is 1.79 bits per heavy atom. The average molecular weight is 488 g/mol. The van der Waals surface area contributed by atoms with Crippen LogP contribution >= 0.6 is 11.8 Å². The highest BCUT2D eigenvalue weighted by molar-refractivity contribution is 8.02. The third-order valence-electron chi connectivity index (χ3n) is 4.64. The van der Waals surface area contributed by atoms with Crippen molar-refractivity contribution < 1.29 is 9.18 Å². The molecule has 34 heavy (non-hydrogen) atoms. The molecule has 0 fully saturated rings. The second-order valence-corrected chi connectivity index (χ2v) is 8.56. The molecule has 0 saturated carbocycles. The Morgan fingerprint density at radius 1 is 1.12 bits per heavy atom. The summed E-state index contributed by atoms with van der Waals surface area (Å²) in [5.41, 5.74) is 3.86. The first kappa shape index (κ1) is 31.3. The molecule has 0 aliphatic heterocycles. The van der Waals surface area contributed by atoms with E-state index in [0.29, 0.717) is 24.5 Å². The van der Waals surface area contributed by atoms with Gasteiger partial charge in [0.15, 0.2) is 0 Å². The van der Waals surface area contributed by atoms with Crippen LogP contribution in [0, 0.1) is 5.82 Å². The van der Waals surface area contributed by atoms with Crippen LogP contribution in [0.2, 0.25) is 0 Å². The Kier molecular flexibility index (Phi) is 17.2. The van der Waals surface area contributed by atoms with Crippen molar-refractivity contribution in [2.24, 2.45) is 0 Å². The molecule has 0 aliphatic rings. The van der Waals surface area contributed by atoms with E-state index in [1.165, 1.54) is 24.1 Å². The summed E-state index contributed by atoms with van der Waals surface area (Å²) in [6.45, 7) is 19.5. The zero-order valence-electron chi connectivity index (χ0n) is 21.7. The smallest absolute Gasteiger partial charge is 0.253 e. The highest BCUT2D eigenvalue weighted by Crippen LogP contribution is 2.18. The lowest BCUT2D eigenvalue weighted by Gasteiger charge is -2.15. The molecule has 4 nitrogen and oxygen atoms in total. The molecule has 188 valence electrons. The highest BCUT2D eigenvalue weighted by Gasteiger charge is 2.13. The molecule has 0 unspecified atom stereocenters. The number of hydrogen-bond acceptors (Lipinski definition) is 4. The molecular formula is C28H42FN3OS. The molecule has 0 aromatic heterocycles. The first-order valence-electron chi connectivity index (χ1n) is 11.7. The Bertz CT molecular complexity index is 888. The molecule has 0 atom stereocenters. The standard InChI is InChI=1S/C25H34FN3OS.C3H8/c1-7-20(8-2)17-27-19(5)16-29-25(30)23-14-21(26)11-13-24(23)28-15-18(4)10-12-22(9-3)31-6;1-3-2/h7,9-14,27-28H,3,5,8,15-17H2,1-2,4,6H3,(H,29,30);3H2,1-2H3/b18-10+,20-7-,22-12+;. The van der Waals surface area contributed by atoms with Crippen molar-refractivity contribution in [2.45, 2.75) is 47.5 Å². The van der Waals surface area contributed by atoms with Crippen molar-refractivity contribution in [3.05, 3.63) is 88.8 Å². The third-order valence-corrected chi connectivity index (χ3v) is 5.42. The lowest BCUT2D eigenvalue weighted by atomic mass is 10.1. The number of rotatable bonds is 13. The predicted molar refractivity (Wildman–Crippen MR) is 150 cm³/mol. The number of allylic oxidation sites excluding steroid dienone is 4. The second-order valence-electron chi connectivity index (χ2n) is 7.68. The minimum Gasteiger partial charge on any atom is -0.384 e. The average Bonchev–Trinajstić information content (AvgIpc) is 2.83. The Balaban J connectivity index is 0.00000343. The molecule has 0 bridgehead atoms. The number of benzene rings is 1. The lowest BCUT2D eigenvalue weighted by Crippen LogP contribution is -2.31. The largest absolute Gasteiger partial charge is 0.384 e. The number of thioether (sulfide) groups is 1. The molecule has 3 N–H and O–H groups in total. The predicted octanol–water partition coefficient (Wildman–Crippen LogP) is 7.22. The summed E-state index contributed by atoms with van der Waals surface area (Å²) in [6, 6.07) is 4.16. The number of hydrogen-bond donors (Lipinski definition) is 3. The topological polar surface area (TPSA) is 53.2 Å². The van der Waals surface area contributed by atoms with Crippen LogP contribution in [0.25, 0.3) is 0 Å². The van der Waals surface area contributed by atoms with Crippen LogP contribution in [0.4, 0.5) is 10.1 Å². The fourth-order valence-electron chi connectivity index (χ4n) is 2.61. The van der Waals surface area contributed by atoms with Gasteiger partial charge in [0.05, 0.1) is 12.1 Å². The van der Waals surface area contributed by atoms with Gasteiger partial charge in [-0.1, -0.05) is 69.7 Å². The molecule has 0 heterocycles. The van der Waals surface area contributed by atoms with E-state index >= 15 is 0 Å². The van der Waals surface area contributed by atoms with Crippen LogP contribution < -0.4 is 16.0 Å². The maximum atomic E-state index is 13.8. The first-order valence-corrected chi connectivity index (χ1v) is 12.9. The minimum atomic E-state index is -0.459. The summed E-state index contributed by atoms with van der Waals surface area (Å²) in [5, 5.41) is 9.23. The first-order chi connectivity index (χ1) is 16.3. The normalized spacial score (nSPS) is 11.8. The van der Waals surface area contributed by atoms with Gasteiger partial charge in [-0.05, 0) is 50.8 Å². The third kappa shape index (κ3) is 13.1. The molecular weight excluding hydrogens is 445 g/mol. The van der Waals surface area contributed by atoms with Crippen molar-refractivity contribution in [3.8, 4) is 0 Å². The van der Waals surface area contributed by atoms with E-state index in [-0.39, 0.29) is 18.0 Å². The fraction of sp³-hybridized carbons (Fsp3) is 0.393. The molecule has 1 amide bonds. The molecule has 0 radical (unpaired) electrons. The Labute approximate surface area is 210 Å². The van der Waals surface area contributed by atoms with Crippen LogP contribution in [0.5, 0.6) is 0 Å². The van der Waals surface area contributed by atoms with Crippen LogP contribution in [-0.4, -0.2) is 31.8 Å². The SMILES string of the molecule is C=C/C(=C\C=C(/C)CNc1ccc(F)cc1C(=O)NCC(=C)NC/C(=C\C)CC)SC.CCC. The Morgan fingerprint density at radius 3 is 2.35 bits per heavy atom. The quantitative estimate of drug-likeness (QED) is 0.203. The number of carbonyl (C=O) groups excluding carboxylic acids is 1. The summed E-state index contributed by atoms with van der Waals surface area (Å²) >= 11 is 1.62. The van der Waals surface area contributed by atoms with Crippen molar-refractivity contribution in [2.75, 3.05) is 31.2 Å². The lowest BCUT2D eigenvalue weighted by molar-refractivity contribution is 0.0957. The number of anilines is 1. The van der Waals surface area contributed by atoms with Crippen molar-refractivity contribution in [1.82, 2.24) is 10.6 Å². The van der Waals surface area contributed by atoms with Gasteiger partial charge in [-0.15, -0.1) is 11.8 Å². The van der Waals surface area contributed by atoms with Gasteiger partial charge in [-0.2, -0.15) is 0 Å². The van der Waals surface area contributed by atoms with Crippen LogP contribution in [0.1, 0.15) is 57.8 Å². The molecule has 0 spiro atoms. The highest BCUT2D eigenvalue weighted by atomic mass is 32.2. The van der Waals surface area contributed by atoms with Crippen molar-refractivity contribution in [1.29, 1.82) is 0 Å². The molecule has 0 aliphatic carbocycles. The van der Waals surface area contributed by atoms with Gasteiger partial charge in [0.25, 0.3) is 5.91 Å². The van der Waals surface area contributed by atoms with E-state index in [0.717, 1.165) is 16.9 Å². The molecule has 0 saturated heterocycles. The minimum absolute atomic E-state index is 0.259. The zero-order valence-corrected chi connectivity index (χ0v) is 22.5. The maximum Gasteiger partial charge on any atom is 0.253 e. The zero-order chi connectivity index (χ0) is 25.9. The Hall–Kier alpha value is -2.73. The van der Waals surface area contributed by atoms with E-state index in [1.807, 2.05) is 32.3 Å². The summed E-state index contributed by atoms with van der Waals surface area (Å²) in [4.78, 5) is 13.7. The van der Waals surface area contributed by atoms with E-state index < -0.39 is 5.82 Å². The summed E-state index contributed by atoms with van der Waals surface area (Å²) in [6.07, 6.45) is 12.0. The van der Waals surface area contributed by atoms with E-state index in [9.17, 15) is 9.18 Å². The molecule has 1 rings (SSSR count). The number of carbonyl (C=O) groups is 1. The fourth-order valence-corrected chi connectivity index (χ4v) is 2.98. The monoisotopic (exact) mass is 487 g/mol. The van der Waals surface area contributed by atoms with Crippen LogP contribution in [-0.2, 0) is 0 Å². The van der Waals surface area contributed by atoms with E-state index in [1.54, 1.807) is 23.9 Å². The van der Waals surface area contributed by atoms with Gasteiger partial charge in [0, 0.05) is 29.4 Å². The van der Waals surface area contributed by atoms with Crippen molar-refractivity contribution >= 4 is 23.4 Å². The van der Waals surface area contributed by atoms with Crippen molar-refractivity contribution in [3.63, 3.8) is 0 Å². The van der Waals surface area contributed by atoms with Gasteiger partial charge >= 0.3 is 0 Å². The molecule has 6 heteroatoms. The van der Waals surface area contributed by atoms with E-state index in [2.05, 4.69) is 56.0 Å². The van der Waals surface area contributed by atoms with Gasteiger partial charge < -0.3 is 16.0 Å². The second kappa shape index (κ2) is 18.7. The summed E-state index contributed by atoms with van der Waals surface area (Å²) < 4.78 is 13.8. The molecule has 1 aromatic rings. The maximum absolute atomic E-state index is 13.8. The van der Waals surface area contributed by atoms with Crippen LogP contribution in [0.15, 0.2) is 77.4 Å². The number of amides is 1. The van der Waals surface area contributed by atoms with Gasteiger partial charge in [0.2, 0.25) is 0 Å².